The number of hydrogen-bond donors (Lipinski definition) is 2. The molecule has 1 atom stereocenters. The lowest BCUT2D eigenvalue weighted by Crippen LogP contribution is -2.42. The van der Waals surface area contributed by atoms with Gasteiger partial charge in [0.2, 0.25) is 0 Å². The van der Waals surface area contributed by atoms with Crippen LogP contribution < -0.4 is 9.62 Å². The second-order valence-electron chi connectivity index (χ2n) is 7.54. The SMILES string of the molecule is O=C(Oc1ccc(F)cc1)N1CCc2c([nH]c3ccc(Cl)cc23)C1c1ccc(OO)cc1. The highest BCUT2D eigenvalue weighted by Crippen LogP contribution is 2.39. The quantitative estimate of drug-likeness (QED) is 0.297. The summed E-state index contributed by atoms with van der Waals surface area (Å²) in [6.07, 6.45) is 0.0640. The number of aromatic amines is 1. The number of aromatic nitrogens is 1. The number of rotatable bonds is 3. The van der Waals surface area contributed by atoms with Gasteiger partial charge in [-0.1, -0.05) is 23.7 Å². The van der Waals surface area contributed by atoms with Gasteiger partial charge in [0.05, 0.1) is 0 Å². The van der Waals surface area contributed by atoms with Gasteiger partial charge in [-0.2, -0.15) is 0 Å². The van der Waals surface area contributed by atoms with E-state index in [1.165, 1.54) is 24.3 Å². The van der Waals surface area contributed by atoms with Gasteiger partial charge < -0.3 is 14.6 Å². The van der Waals surface area contributed by atoms with Crippen LogP contribution in [0.25, 0.3) is 10.9 Å². The van der Waals surface area contributed by atoms with Crippen LogP contribution in [0.5, 0.6) is 11.5 Å². The van der Waals surface area contributed by atoms with Crippen molar-refractivity contribution in [1.29, 1.82) is 0 Å². The Balaban J connectivity index is 1.57. The van der Waals surface area contributed by atoms with Crippen LogP contribution in [0.15, 0.2) is 66.7 Å². The Labute approximate surface area is 187 Å². The normalized spacial score (nSPS) is 15.5. The van der Waals surface area contributed by atoms with Gasteiger partial charge in [-0.25, -0.2) is 14.4 Å². The molecule has 1 aromatic heterocycles. The summed E-state index contributed by atoms with van der Waals surface area (Å²) >= 11 is 6.22. The van der Waals surface area contributed by atoms with Crippen molar-refractivity contribution >= 4 is 28.6 Å². The summed E-state index contributed by atoms with van der Waals surface area (Å²) in [5, 5.41) is 10.6. The third-order valence-corrected chi connectivity index (χ3v) is 5.88. The molecule has 1 aliphatic rings. The number of ether oxygens (including phenoxy) is 1. The molecule has 8 heteroatoms. The standard InChI is InChI=1S/C24H18ClFN2O4/c25-15-3-10-21-20(13-15)19-11-12-28(24(29)31-17-8-4-16(26)5-9-17)23(22(19)27-21)14-1-6-18(32-30)7-2-14/h1-10,13,23,27,30H,11-12H2. The number of halogens is 2. The van der Waals surface area contributed by atoms with Crippen molar-refractivity contribution < 1.29 is 24.1 Å². The molecule has 0 fully saturated rings. The smallest absolute Gasteiger partial charge is 0.410 e. The van der Waals surface area contributed by atoms with E-state index in [2.05, 4.69) is 9.87 Å². The zero-order chi connectivity index (χ0) is 22.2. The lowest BCUT2D eigenvalue weighted by molar-refractivity contribution is -0.137. The molecule has 2 N–H and O–H groups in total. The summed E-state index contributed by atoms with van der Waals surface area (Å²) < 4.78 is 18.8. The third-order valence-electron chi connectivity index (χ3n) is 5.64. The molecule has 6 nitrogen and oxygen atoms in total. The molecule has 5 rings (SSSR count). The number of carbonyl (C=O) groups is 1. The van der Waals surface area contributed by atoms with Crippen molar-refractivity contribution in [2.75, 3.05) is 6.54 Å². The molecule has 1 amide bonds. The Morgan fingerprint density at radius 1 is 1.06 bits per heavy atom. The molecule has 4 aromatic rings. The minimum atomic E-state index is -0.550. The number of carbonyl (C=O) groups excluding carboxylic acids is 1. The number of hydrogen-bond acceptors (Lipinski definition) is 4. The number of benzene rings is 3. The Hall–Kier alpha value is -3.55. The fourth-order valence-electron chi connectivity index (χ4n) is 4.18. The van der Waals surface area contributed by atoms with Gasteiger partial charge in [0, 0.05) is 28.2 Å². The Kier molecular flexibility index (Phi) is 5.20. The molecule has 0 saturated heterocycles. The third kappa shape index (κ3) is 3.66. The second kappa shape index (κ2) is 8.18. The molecule has 0 saturated carbocycles. The first kappa shape index (κ1) is 20.4. The van der Waals surface area contributed by atoms with E-state index >= 15 is 0 Å². The van der Waals surface area contributed by atoms with Crippen LogP contribution in [0, 0.1) is 5.82 Å². The fourth-order valence-corrected chi connectivity index (χ4v) is 4.35. The predicted molar refractivity (Wildman–Crippen MR) is 118 cm³/mol. The van der Waals surface area contributed by atoms with Gasteiger partial charge in [0.15, 0.2) is 5.75 Å². The van der Waals surface area contributed by atoms with Crippen molar-refractivity contribution in [1.82, 2.24) is 9.88 Å². The molecule has 2 heterocycles. The summed E-state index contributed by atoms with van der Waals surface area (Å²) in [4.78, 5) is 22.5. The van der Waals surface area contributed by atoms with Crippen LogP contribution in [0.4, 0.5) is 9.18 Å². The summed E-state index contributed by atoms with van der Waals surface area (Å²) in [5.74, 6) is 0.135. The molecule has 1 unspecified atom stereocenters. The number of H-pyrrole nitrogens is 1. The van der Waals surface area contributed by atoms with E-state index in [1.807, 2.05) is 18.2 Å². The van der Waals surface area contributed by atoms with Crippen LogP contribution in [-0.4, -0.2) is 27.8 Å². The predicted octanol–water partition coefficient (Wildman–Crippen LogP) is 5.96. The fraction of sp³-hybridized carbons (Fsp3) is 0.125. The first-order valence-electron chi connectivity index (χ1n) is 9.99. The second-order valence-corrected chi connectivity index (χ2v) is 7.97. The maximum Gasteiger partial charge on any atom is 0.416 e. The average Bonchev–Trinajstić information content (AvgIpc) is 3.18. The topological polar surface area (TPSA) is 74.8 Å². The zero-order valence-electron chi connectivity index (χ0n) is 16.7. The minimum absolute atomic E-state index is 0.258. The molecular formula is C24H18ClFN2O4. The van der Waals surface area contributed by atoms with Crippen molar-refractivity contribution in [3.8, 4) is 11.5 Å². The summed E-state index contributed by atoms with van der Waals surface area (Å²) in [6.45, 7) is 0.412. The summed E-state index contributed by atoms with van der Waals surface area (Å²) in [6, 6.07) is 17.3. The lowest BCUT2D eigenvalue weighted by Gasteiger charge is -2.35. The maximum atomic E-state index is 13.2. The van der Waals surface area contributed by atoms with Gasteiger partial charge in [0.25, 0.3) is 0 Å². The van der Waals surface area contributed by atoms with Crippen molar-refractivity contribution in [2.45, 2.75) is 12.5 Å². The van der Waals surface area contributed by atoms with E-state index in [9.17, 15) is 9.18 Å². The van der Waals surface area contributed by atoms with E-state index in [1.54, 1.807) is 29.2 Å². The molecule has 0 spiro atoms. The van der Waals surface area contributed by atoms with Crippen LogP contribution in [0.2, 0.25) is 5.02 Å². The van der Waals surface area contributed by atoms with E-state index in [-0.39, 0.29) is 11.5 Å². The molecule has 1 aliphatic heterocycles. The maximum absolute atomic E-state index is 13.2. The zero-order valence-corrected chi connectivity index (χ0v) is 17.5. The number of fused-ring (bicyclic) bond motifs is 3. The van der Waals surface area contributed by atoms with Gasteiger partial charge in [0.1, 0.15) is 17.6 Å². The van der Waals surface area contributed by atoms with E-state index in [0.29, 0.717) is 18.0 Å². The summed E-state index contributed by atoms with van der Waals surface area (Å²) in [5.41, 5.74) is 3.68. The largest absolute Gasteiger partial charge is 0.416 e. The molecule has 162 valence electrons. The van der Waals surface area contributed by atoms with Crippen molar-refractivity contribution in [2.24, 2.45) is 0 Å². The summed E-state index contributed by atoms with van der Waals surface area (Å²) in [7, 11) is 0. The highest BCUT2D eigenvalue weighted by molar-refractivity contribution is 6.31. The molecule has 3 aromatic carbocycles. The molecule has 32 heavy (non-hydrogen) atoms. The van der Waals surface area contributed by atoms with Gasteiger partial charge in [-0.05, 0) is 72.1 Å². The van der Waals surface area contributed by atoms with Crippen LogP contribution >= 0.6 is 11.6 Å². The highest BCUT2D eigenvalue weighted by atomic mass is 35.5. The van der Waals surface area contributed by atoms with Crippen LogP contribution in [-0.2, 0) is 6.42 Å². The molecule has 0 bridgehead atoms. The van der Waals surface area contributed by atoms with Crippen LogP contribution in [0.3, 0.4) is 0 Å². The van der Waals surface area contributed by atoms with E-state index < -0.39 is 18.0 Å². The monoisotopic (exact) mass is 452 g/mol. The van der Waals surface area contributed by atoms with Gasteiger partial charge in [-0.3, -0.25) is 4.90 Å². The number of nitrogens with zero attached hydrogens (tertiary/aromatic N) is 1. The molecular weight excluding hydrogens is 435 g/mol. The van der Waals surface area contributed by atoms with Gasteiger partial charge >= 0.3 is 6.09 Å². The van der Waals surface area contributed by atoms with E-state index in [0.717, 1.165) is 27.7 Å². The van der Waals surface area contributed by atoms with Crippen molar-refractivity contribution in [3.63, 3.8) is 0 Å². The Morgan fingerprint density at radius 2 is 1.78 bits per heavy atom. The number of nitrogens with one attached hydrogen (secondary N) is 1. The van der Waals surface area contributed by atoms with Gasteiger partial charge in [-0.15, -0.1) is 0 Å². The first-order chi connectivity index (χ1) is 15.5. The Morgan fingerprint density at radius 3 is 2.50 bits per heavy atom. The lowest BCUT2D eigenvalue weighted by atomic mass is 9.92. The van der Waals surface area contributed by atoms with Crippen LogP contribution in [0.1, 0.15) is 22.9 Å². The Bertz CT molecular complexity index is 1290. The highest BCUT2D eigenvalue weighted by Gasteiger charge is 2.35. The minimum Gasteiger partial charge on any atom is -0.410 e. The average molecular weight is 453 g/mol. The number of amides is 1. The van der Waals surface area contributed by atoms with E-state index in [4.69, 9.17) is 21.6 Å². The first-order valence-corrected chi connectivity index (χ1v) is 10.4. The van der Waals surface area contributed by atoms with Crippen molar-refractivity contribution in [3.05, 3.63) is 94.4 Å². The molecule has 0 radical (unpaired) electrons. The molecule has 0 aliphatic carbocycles.